The molecular weight excluding hydrogens is 289 g/mol. The molecule has 1 aliphatic rings. The smallest absolute Gasteiger partial charge is 0.361 e. The van der Waals surface area contributed by atoms with E-state index in [9.17, 15) is 4.79 Å². The van der Waals surface area contributed by atoms with E-state index in [0.29, 0.717) is 11.5 Å². The Bertz CT molecular complexity index is 503. The number of imidazole rings is 1. The Balaban J connectivity index is 0.000000956. The van der Waals surface area contributed by atoms with Gasteiger partial charge in [0.05, 0.1) is 11.9 Å². The maximum Gasteiger partial charge on any atom is 0.522 e. The molecule has 0 fully saturated rings. The summed E-state index contributed by atoms with van der Waals surface area (Å²) in [6.45, 7) is 5.71. The zero-order valence-electron chi connectivity index (χ0n) is 11.1. The van der Waals surface area contributed by atoms with Crippen molar-refractivity contribution in [2.45, 2.75) is 26.9 Å². The van der Waals surface area contributed by atoms with Crippen LogP contribution in [0.15, 0.2) is 11.2 Å². The number of carbonyl (C=O) groups is 1. The third kappa shape index (κ3) is 3.87. The summed E-state index contributed by atoms with van der Waals surface area (Å²) in [5.41, 5.74) is 8.93. The topological polar surface area (TPSA) is 144 Å². The average Bonchev–Trinajstić information content (AvgIpc) is 2.73. The van der Waals surface area contributed by atoms with Crippen molar-refractivity contribution in [3.63, 3.8) is 0 Å². The van der Waals surface area contributed by atoms with E-state index in [-0.39, 0.29) is 6.02 Å². The summed E-state index contributed by atoms with van der Waals surface area (Å²) in [5, 5.41) is 0. The first-order chi connectivity index (χ1) is 9.47. The number of fused-ring (bicyclic) bond motifs is 1. The van der Waals surface area contributed by atoms with Crippen molar-refractivity contribution < 1.29 is 23.8 Å². The third-order valence-corrected chi connectivity index (χ3v) is 2.38. The van der Waals surface area contributed by atoms with Crippen LogP contribution >= 0.6 is 8.60 Å². The summed E-state index contributed by atoms with van der Waals surface area (Å²) in [4.78, 5) is 35.8. The lowest BCUT2D eigenvalue weighted by Gasteiger charge is -2.21. The first kappa shape index (κ1) is 16.3. The molecule has 10 nitrogen and oxygen atoms in total. The molecule has 0 aliphatic carbocycles. The number of nitrogens with zero attached hydrogens (tertiary/aromatic N) is 3. The van der Waals surface area contributed by atoms with Crippen molar-refractivity contribution in [1.82, 2.24) is 9.66 Å². The highest BCUT2D eigenvalue weighted by Gasteiger charge is 2.24. The van der Waals surface area contributed by atoms with Crippen LogP contribution in [0.4, 0.5) is 4.79 Å². The van der Waals surface area contributed by atoms with Gasteiger partial charge in [0.2, 0.25) is 0 Å². The lowest BCUT2D eigenvalue weighted by molar-refractivity contribution is 0.140. The molecular formula is C9H16N5O5P. The number of nitrogens with two attached hydrogens (primary N) is 1. The fraction of sp³-hybridized carbons (Fsp3) is 0.444. The SMILES string of the molecule is CC.Cc1ncc2n1NC(OC(=O)OP(O)O)=NC2N. The first-order valence-electron chi connectivity index (χ1n) is 5.69. The zero-order valence-corrected chi connectivity index (χ0v) is 12.0. The molecule has 1 aromatic heterocycles. The number of ether oxygens (including phenoxy) is 1. The minimum atomic E-state index is -2.84. The second-order valence-electron chi connectivity index (χ2n) is 3.25. The number of aliphatic imine (C=N–C) groups is 1. The van der Waals surface area contributed by atoms with E-state index in [1.165, 1.54) is 10.9 Å². The molecule has 11 heteroatoms. The number of amidine groups is 1. The molecule has 20 heavy (non-hydrogen) atoms. The molecule has 1 aliphatic heterocycles. The zero-order chi connectivity index (χ0) is 15.3. The molecule has 0 amide bonds. The maximum atomic E-state index is 11.0. The fourth-order valence-corrected chi connectivity index (χ4v) is 1.52. The standard InChI is InChI=1S/C7H10N5O5P.C2H6/c1-3-9-2-4-5(8)10-6(11-12(3)4)16-7(13)17-18(14)15;1-2/h2,5,14-15H,8H2,1H3,(H,10,11);1-2H3. The van der Waals surface area contributed by atoms with E-state index < -0.39 is 20.9 Å². The largest absolute Gasteiger partial charge is 0.522 e. The van der Waals surface area contributed by atoms with Gasteiger partial charge in [-0.15, -0.1) is 0 Å². The monoisotopic (exact) mass is 305 g/mol. The molecule has 1 aromatic rings. The van der Waals surface area contributed by atoms with Crippen molar-refractivity contribution in [2.24, 2.45) is 10.7 Å². The molecule has 2 heterocycles. The number of hydrogen-bond donors (Lipinski definition) is 4. The second-order valence-corrected chi connectivity index (χ2v) is 3.94. The van der Waals surface area contributed by atoms with E-state index in [0.717, 1.165) is 0 Å². The van der Waals surface area contributed by atoms with Gasteiger partial charge in [0, 0.05) is 0 Å². The lowest BCUT2D eigenvalue weighted by Crippen LogP contribution is -2.36. The molecule has 2 rings (SSSR count). The summed E-state index contributed by atoms with van der Waals surface area (Å²) in [6, 6.07) is -0.224. The van der Waals surface area contributed by atoms with Crippen LogP contribution < -0.4 is 11.2 Å². The van der Waals surface area contributed by atoms with Crippen LogP contribution in [0.25, 0.3) is 0 Å². The molecule has 0 saturated carbocycles. The van der Waals surface area contributed by atoms with Crippen molar-refractivity contribution >= 4 is 20.8 Å². The van der Waals surface area contributed by atoms with Gasteiger partial charge in [0.1, 0.15) is 12.0 Å². The van der Waals surface area contributed by atoms with Gasteiger partial charge in [-0.2, -0.15) is 0 Å². The van der Waals surface area contributed by atoms with Gasteiger partial charge in [-0.1, -0.05) is 13.8 Å². The maximum absolute atomic E-state index is 11.0. The van der Waals surface area contributed by atoms with E-state index in [1.807, 2.05) is 13.8 Å². The van der Waals surface area contributed by atoms with E-state index >= 15 is 0 Å². The summed E-state index contributed by atoms with van der Waals surface area (Å²) >= 11 is 0. The van der Waals surface area contributed by atoms with Crippen LogP contribution in [-0.4, -0.2) is 31.6 Å². The summed E-state index contributed by atoms with van der Waals surface area (Å²) in [6.07, 6.45) is -0.516. The first-order valence-corrected chi connectivity index (χ1v) is 6.86. The lowest BCUT2D eigenvalue weighted by atomic mass is 10.4. The number of aryl methyl sites for hydroxylation is 1. The van der Waals surface area contributed by atoms with E-state index in [4.69, 9.17) is 15.5 Å². The van der Waals surface area contributed by atoms with Crippen LogP contribution in [0.1, 0.15) is 31.5 Å². The number of rotatable bonds is 1. The Morgan fingerprint density at radius 1 is 1.55 bits per heavy atom. The van der Waals surface area contributed by atoms with Crippen LogP contribution in [-0.2, 0) is 9.26 Å². The molecule has 0 bridgehead atoms. The summed E-state index contributed by atoms with van der Waals surface area (Å²) < 4.78 is 10.1. The predicted octanol–water partition coefficient (Wildman–Crippen LogP) is 0.453. The van der Waals surface area contributed by atoms with Gasteiger partial charge in [-0.05, 0) is 6.92 Å². The quantitative estimate of drug-likeness (QED) is 0.432. The molecule has 0 radical (unpaired) electrons. The van der Waals surface area contributed by atoms with E-state index in [2.05, 4.69) is 24.7 Å². The Morgan fingerprint density at radius 3 is 2.80 bits per heavy atom. The highest BCUT2D eigenvalue weighted by atomic mass is 31.2. The highest BCUT2D eigenvalue weighted by molar-refractivity contribution is 7.40. The number of carbonyl (C=O) groups excluding carboxylic acids is 1. The molecule has 5 N–H and O–H groups in total. The number of nitrogens with one attached hydrogen (secondary N) is 1. The van der Waals surface area contributed by atoms with Gasteiger partial charge < -0.3 is 24.8 Å². The van der Waals surface area contributed by atoms with Crippen molar-refractivity contribution in [3.05, 3.63) is 17.7 Å². The van der Waals surface area contributed by atoms with Crippen LogP contribution in [0.2, 0.25) is 0 Å². The van der Waals surface area contributed by atoms with Gasteiger partial charge in [-0.25, -0.2) is 24.9 Å². The van der Waals surface area contributed by atoms with Gasteiger partial charge in [0.25, 0.3) is 0 Å². The fourth-order valence-electron chi connectivity index (χ4n) is 1.35. The molecule has 1 unspecified atom stereocenters. The minimum absolute atomic E-state index is 0.224. The Morgan fingerprint density at radius 2 is 2.20 bits per heavy atom. The highest BCUT2D eigenvalue weighted by Crippen LogP contribution is 2.25. The van der Waals surface area contributed by atoms with Crippen LogP contribution in [0, 0.1) is 6.92 Å². The predicted molar refractivity (Wildman–Crippen MR) is 71.0 cm³/mol. The van der Waals surface area contributed by atoms with Gasteiger partial charge >= 0.3 is 20.8 Å². The van der Waals surface area contributed by atoms with Crippen molar-refractivity contribution in [3.8, 4) is 0 Å². The molecule has 0 aromatic carbocycles. The van der Waals surface area contributed by atoms with Crippen LogP contribution in [0.5, 0.6) is 0 Å². The summed E-state index contributed by atoms with van der Waals surface area (Å²) in [5.74, 6) is 0.594. The molecule has 0 spiro atoms. The summed E-state index contributed by atoms with van der Waals surface area (Å²) in [7, 11) is -2.84. The normalized spacial score (nSPS) is 16.4. The van der Waals surface area contributed by atoms with Crippen molar-refractivity contribution in [1.29, 1.82) is 0 Å². The molecule has 112 valence electrons. The Kier molecular flexibility index (Phi) is 5.83. The number of hydrogen-bond acceptors (Lipinski definition) is 9. The van der Waals surface area contributed by atoms with E-state index in [1.54, 1.807) is 6.92 Å². The number of aromatic nitrogens is 2. The Hall–Kier alpha value is -1.74. The van der Waals surface area contributed by atoms with Crippen LogP contribution in [0.3, 0.4) is 0 Å². The third-order valence-electron chi connectivity index (χ3n) is 2.07. The van der Waals surface area contributed by atoms with Gasteiger partial charge in [0.15, 0.2) is 0 Å². The van der Waals surface area contributed by atoms with Crippen molar-refractivity contribution in [2.75, 3.05) is 5.43 Å². The minimum Gasteiger partial charge on any atom is -0.361 e. The second kappa shape index (κ2) is 7.15. The molecule has 0 saturated heterocycles. The average molecular weight is 305 g/mol. The van der Waals surface area contributed by atoms with Gasteiger partial charge in [-0.3, -0.25) is 0 Å². The molecule has 1 atom stereocenters. The Labute approximate surface area is 116 Å².